The number of likely N-dealkylation sites (N-methyl/N-ethyl adjacent to an activating group) is 1. The molecule has 1 N–H and O–H groups in total. The highest BCUT2D eigenvalue weighted by Gasteiger charge is 2.32. The third-order valence-corrected chi connectivity index (χ3v) is 8.26. The predicted molar refractivity (Wildman–Crippen MR) is 158 cm³/mol. The van der Waals surface area contributed by atoms with Crippen molar-refractivity contribution in [1.29, 1.82) is 0 Å². The predicted octanol–water partition coefficient (Wildman–Crippen LogP) is 5.27. The fourth-order valence-corrected chi connectivity index (χ4v) is 5.36. The first-order valence-electron chi connectivity index (χ1n) is 12.5. The Morgan fingerprint density at radius 2 is 1.54 bits per heavy atom. The molecule has 0 saturated heterocycles. The van der Waals surface area contributed by atoms with Crippen LogP contribution in [0.1, 0.15) is 36.5 Å². The molecule has 3 aromatic rings. The summed E-state index contributed by atoms with van der Waals surface area (Å²) in [4.78, 5) is 28.5. The molecule has 0 fully saturated rings. The quantitative estimate of drug-likeness (QED) is 0.330. The van der Waals surface area contributed by atoms with Crippen LogP contribution in [0.25, 0.3) is 0 Å². The zero-order valence-electron chi connectivity index (χ0n) is 22.4. The average molecular weight is 591 g/mol. The van der Waals surface area contributed by atoms with Gasteiger partial charge in [0.2, 0.25) is 21.8 Å². The van der Waals surface area contributed by atoms with Crippen LogP contribution in [0.4, 0.5) is 5.69 Å². The summed E-state index contributed by atoms with van der Waals surface area (Å²) in [6, 6.07) is 20.4. The van der Waals surface area contributed by atoms with Gasteiger partial charge in [-0.05, 0) is 46.9 Å². The van der Waals surface area contributed by atoms with Crippen LogP contribution >= 0.6 is 23.2 Å². The number of sulfonamides is 1. The molecule has 208 valence electrons. The molecule has 2 amide bonds. The van der Waals surface area contributed by atoms with E-state index in [2.05, 4.69) is 5.32 Å². The van der Waals surface area contributed by atoms with E-state index in [1.165, 1.54) is 11.9 Å². The largest absolute Gasteiger partial charge is 0.357 e. The number of hydrogen-bond acceptors (Lipinski definition) is 4. The third-order valence-electron chi connectivity index (χ3n) is 6.38. The number of hydrogen-bond donors (Lipinski definition) is 1. The molecule has 1 atom stereocenters. The Kier molecular flexibility index (Phi) is 10.4. The topological polar surface area (TPSA) is 86.8 Å². The number of anilines is 1. The van der Waals surface area contributed by atoms with Crippen molar-refractivity contribution in [3.8, 4) is 0 Å². The average Bonchev–Trinajstić information content (AvgIpc) is 2.90. The van der Waals surface area contributed by atoms with Gasteiger partial charge in [-0.25, -0.2) is 8.42 Å². The fraction of sp³-hybridized carbons (Fsp3) is 0.310. The number of amides is 2. The van der Waals surface area contributed by atoms with Crippen LogP contribution in [0.5, 0.6) is 0 Å². The highest BCUT2D eigenvalue weighted by molar-refractivity contribution is 7.92. The van der Waals surface area contributed by atoms with Gasteiger partial charge in [-0.15, -0.1) is 0 Å². The van der Waals surface area contributed by atoms with Crippen molar-refractivity contribution in [1.82, 2.24) is 10.2 Å². The van der Waals surface area contributed by atoms with Crippen molar-refractivity contribution in [3.63, 3.8) is 0 Å². The molecular weight excluding hydrogens is 557 g/mol. The molecule has 0 bridgehead atoms. The molecule has 0 spiro atoms. The summed E-state index contributed by atoms with van der Waals surface area (Å²) in [6.07, 6.45) is 1.29. The Morgan fingerprint density at radius 1 is 0.897 bits per heavy atom. The van der Waals surface area contributed by atoms with E-state index in [1.54, 1.807) is 30.3 Å². The first-order chi connectivity index (χ1) is 18.4. The molecule has 0 aliphatic carbocycles. The normalized spacial score (nSPS) is 12.2. The van der Waals surface area contributed by atoms with Gasteiger partial charge in [-0.2, -0.15) is 0 Å². The van der Waals surface area contributed by atoms with Gasteiger partial charge < -0.3 is 10.2 Å². The van der Waals surface area contributed by atoms with Crippen LogP contribution < -0.4 is 9.62 Å². The molecule has 1 unspecified atom stereocenters. The molecule has 0 radical (unpaired) electrons. The van der Waals surface area contributed by atoms with E-state index >= 15 is 0 Å². The summed E-state index contributed by atoms with van der Waals surface area (Å²) in [5.74, 6) is -0.649. The van der Waals surface area contributed by atoms with Crippen LogP contribution in [0.3, 0.4) is 0 Å². The lowest BCUT2D eigenvalue weighted by Crippen LogP contribution is -2.52. The first kappa shape index (κ1) is 30.5. The van der Waals surface area contributed by atoms with Gasteiger partial charge in [-0.3, -0.25) is 13.9 Å². The summed E-state index contributed by atoms with van der Waals surface area (Å²) in [5.41, 5.74) is 2.90. The molecule has 0 aromatic heterocycles. The van der Waals surface area contributed by atoms with Crippen LogP contribution in [0, 0.1) is 0 Å². The van der Waals surface area contributed by atoms with Gasteiger partial charge in [0.15, 0.2) is 0 Å². The highest BCUT2D eigenvalue weighted by Crippen LogP contribution is 2.26. The second-order valence-corrected chi connectivity index (χ2v) is 12.3. The Labute approximate surface area is 240 Å². The Bertz CT molecular complexity index is 1400. The summed E-state index contributed by atoms with van der Waals surface area (Å²) in [6.45, 7) is 3.62. The molecule has 39 heavy (non-hydrogen) atoms. The maximum atomic E-state index is 13.9. The van der Waals surface area contributed by atoms with E-state index in [0.717, 1.165) is 21.7 Å². The summed E-state index contributed by atoms with van der Waals surface area (Å²) in [5, 5.41) is 3.32. The molecular formula is C29H33Cl2N3O4S. The lowest BCUT2D eigenvalue weighted by Gasteiger charge is -2.33. The SMILES string of the molecule is CNC(=O)C(Cc1ccccc1)N(Cc1ccc(Cl)c(Cl)c1)C(=O)CN(c1ccc(C(C)C)cc1)S(C)(=O)=O. The minimum atomic E-state index is -3.83. The van der Waals surface area contributed by atoms with Crippen molar-refractivity contribution >= 4 is 50.7 Å². The maximum Gasteiger partial charge on any atom is 0.244 e. The Hall–Kier alpha value is -3.07. The number of halogens is 2. The number of rotatable bonds is 11. The van der Waals surface area contributed by atoms with E-state index in [1.807, 2.05) is 56.3 Å². The summed E-state index contributed by atoms with van der Waals surface area (Å²) in [7, 11) is -2.33. The number of carbonyl (C=O) groups excluding carboxylic acids is 2. The number of nitrogens with one attached hydrogen (secondary N) is 1. The number of carbonyl (C=O) groups is 2. The zero-order chi connectivity index (χ0) is 28.7. The van der Waals surface area contributed by atoms with Crippen LogP contribution in [-0.4, -0.2) is 51.0 Å². The Balaban J connectivity index is 2.03. The van der Waals surface area contributed by atoms with Crippen molar-refractivity contribution in [3.05, 3.63) is 99.5 Å². The highest BCUT2D eigenvalue weighted by atomic mass is 35.5. The van der Waals surface area contributed by atoms with Crippen LogP contribution in [0.2, 0.25) is 10.0 Å². The van der Waals surface area contributed by atoms with Crippen molar-refractivity contribution in [2.24, 2.45) is 0 Å². The Morgan fingerprint density at radius 3 is 2.08 bits per heavy atom. The molecule has 0 aliphatic heterocycles. The van der Waals surface area contributed by atoms with Gasteiger partial charge in [0.1, 0.15) is 12.6 Å². The standard InChI is InChI=1S/C29H33Cl2N3O4S/c1-20(2)23-11-13-24(14-12-23)34(39(4,37)38)19-28(35)33(18-22-10-15-25(30)26(31)16-22)27(29(36)32-3)17-21-8-6-5-7-9-21/h5-16,20,27H,17-19H2,1-4H3,(H,32,36). The molecule has 10 heteroatoms. The first-order valence-corrected chi connectivity index (χ1v) is 15.1. The van der Waals surface area contributed by atoms with Gasteiger partial charge in [0.05, 0.1) is 22.0 Å². The van der Waals surface area contributed by atoms with E-state index in [0.29, 0.717) is 21.3 Å². The molecule has 0 heterocycles. The van der Waals surface area contributed by atoms with Gasteiger partial charge in [0, 0.05) is 20.0 Å². The third kappa shape index (κ3) is 8.21. The van der Waals surface area contributed by atoms with Gasteiger partial charge >= 0.3 is 0 Å². The maximum absolute atomic E-state index is 13.9. The van der Waals surface area contributed by atoms with Gasteiger partial charge in [0.25, 0.3) is 0 Å². The van der Waals surface area contributed by atoms with E-state index in [4.69, 9.17) is 23.2 Å². The summed E-state index contributed by atoms with van der Waals surface area (Å²) < 4.78 is 26.7. The number of nitrogens with zero attached hydrogens (tertiary/aromatic N) is 2. The molecule has 3 rings (SSSR count). The molecule has 3 aromatic carbocycles. The lowest BCUT2D eigenvalue weighted by atomic mass is 10.0. The molecule has 0 saturated carbocycles. The van der Waals surface area contributed by atoms with Gasteiger partial charge in [-0.1, -0.05) is 85.6 Å². The van der Waals surface area contributed by atoms with E-state index in [9.17, 15) is 18.0 Å². The minimum Gasteiger partial charge on any atom is -0.357 e. The monoisotopic (exact) mass is 589 g/mol. The molecule has 0 aliphatic rings. The lowest BCUT2D eigenvalue weighted by molar-refractivity contribution is -0.139. The van der Waals surface area contributed by atoms with E-state index < -0.39 is 28.5 Å². The van der Waals surface area contributed by atoms with Crippen LogP contribution in [-0.2, 0) is 32.6 Å². The zero-order valence-corrected chi connectivity index (χ0v) is 24.7. The summed E-state index contributed by atoms with van der Waals surface area (Å²) >= 11 is 12.3. The van der Waals surface area contributed by atoms with Crippen molar-refractivity contribution in [2.75, 3.05) is 24.2 Å². The van der Waals surface area contributed by atoms with Crippen LogP contribution in [0.15, 0.2) is 72.8 Å². The fourth-order valence-electron chi connectivity index (χ4n) is 4.19. The second-order valence-electron chi connectivity index (χ2n) is 9.61. The second kappa shape index (κ2) is 13.3. The number of benzene rings is 3. The van der Waals surface area contributed by atoms with Crippen molar-refractivity contribution < 1.29 is 18.0 Å². The van der Waals surface area contributed by atoms with Crippen molar-refractivity contribution in [2.45, 2.75) is 38.8 Å². The minimum absolute atomic E-state index is 0.0184. The van der Waals surface area contributed by atoms with E-state index in [-0.39, 0.29) is 24.8 Å². The molecule has 7 nitrogen and oxygen atoms in total. The smallest absolute Gasteiger partial charge is 0.244 e.